The van der Waals surface area contributed by atoms with Crippen molar-refractivity contribution in [2.45, 2.75) is 32.3 Å². The predicted octanol–water partition coefficient (Wildman–Crippen LogP) is 4.51. The average molecular weight is 285 g/mol. The van der Waals surface area contributed by atoms with E-state index < -0.39 is 5.60 Å². The van der Waals surface area contributed by atoms with Crippen LogP contribution in [0.3, 0.4) is 0 Å². The third kappa shape index (κ3) is 2.32. The molecule has 1 fully saturated rings. The second-order valence-electron chi connectivity index (χ2n) is 5.60. The summed E-state index contributed by atoms with van der Waals surface area (Å²) in [4.78, 5) is 0. The minimum absolute atomic E-state index is 0.174. The molecule has 0 radical (unpaired) electrons. The minimum Gasteiger partial charge on any atom is -0.384 e. The zero-order valence-corrected chi connectivity index (χ0v) is 12.2. The molecule has 1 aromatic carbocycles. The van der Waals surface area contributed by atoms with Gasteiger partial charge in [-0.3, -0.25) is 0 Å². The van der Waals surface area contributed by atoms with E-state index in [0.29, 0.717) is 0 Å². The summed E-state index contributed by atoms with van der Waals surface area (Å²) >= 11 is 11.9. The van der Waals surface area contributed by atoms with E-state index in [0.717, 1.165) is 29.0 Å². The highest BCUT2D eigenvalue weighted by Crippen LogP contribution is 2.50. The number of alkyl halides is 1. The molecule has 0 aromatic heterocycles. The van der Waals surface area contributed by atoms with E-state index >= 15 is 0 Å². The van der Waals surface area contributed by atoms with Crippen LogP contribution >= 0.6 is 23.2 Å². The van der Waals surface area contributed by atoms with Gasteiger partial charge in [-0.15, -0.1) is 11.6 Å². The normalized spacial score (nSPS) is 28.8. The molecule has 18 heavy (non-hydrogen) atoms. The van der Waals surface area contributed by atoms with E-state index in [1.807, 2.05) is 30.3 Å². The van der Waals surface area contributed by atoms with Gasteiger partial charge in [0.2, 0.25) is 0 Å². The van der Waals surface area contributed by atoms with E-state index in [1.54, 1.807) is 0 Å². The van der Waals surface area contributed by atoms with Crippen LogP contribution in [0.5, 0.6) is 0 Å². The lowest BCUT2D eigenvalue weighted by molar-refractivity contribution is 0.00748. The fraction of sp³-hybridized carbons (Fsp3) is 0.467. The molecule has 1 saturated carbocycles. The first-order chi connectivity index (χ1) is 8.39. The molecule has 0 saturated heterocycles. The first-order valence-electron chi connectivity index (χ1n) is 6.14. The first kappa shape index (κ1) is 13.9. The molecule has 0 amide bonds. The molecule has 1 N–H and O–H groups in total. The van der Waals surface area contributed by atoms with Crippen LogP contribution in [-0.2, 0) is 0 Å². The van der Waals surface area contributed by atoms with Crippen molar-refractivity contribution in [3.63, 3.8) is 0 Å². The standard InChI is InChI=1S/C15H18Cl2O/c1-14(2)8-7-12(15(14,18)10-16)9-11-3-5-13(17)6-4-11/h3-6,9,18H,7-8,10H2,1-2H3/b12-9+. The van der Waals surface area contributed by atoms with Gasteiger partial charge in [0, 0.05) is 5.02 Å². The van der Waals surface area contributed by atoms with Gasteiger partial charge in [0.05, 0.1) is 5.88 Å². The Hall–Kier alpha value is -0.500. The van der Waals surface area contributed by atoms with Gasteiger partial charge in [-0.05, 0) is 41.5 Å². The summed E-state index contributed by atoms with van der Waals surface area (Å²) in [6.45, 7) is 4.14. The topological polar surface area (TPSA) is 20.2 Å². The lowest BCUT2D eigenvalue weighted by atomic mass is 9.77. The van der Waals surface area contributed by atoms with Gasteiger partial charge >= 0.3 is 0 Å². The van der Waals surface area contributed by atoms with Crippen LogP contribution < -0.4 is 0 Å². The summed E-state index contributed by atoms with van der Waals surface area (Å²) in [7, 11) is 0. The van der Waals surface area contributed by atoms with E-state index in [-0.39, 0.29) is 11.3 Å². The molecule has 98 valence electrons. The summed E-state index contributed by atoms with van der Waals surface area (Å²) in [6, 6.07) is 7.62. The van der Waals surface area contributed by atoms with Crippen LogP contribution in [0.4, 0.5) is 0 Å². The van der Waals surface area contributed by atoms with Gasteiger partial charge in [-0.2, -0.15) is 0 Å². The van der Waals surface area contributed by atoms with Crippen LogP contribution in [0.25, 0.3) is 6.08 Å². The van der Waals surface area contributed by atoms with E-state index in [2.05, 4.69) is 13.8 Å². The Balaban J connectivity index is 2.36. The van der Waals surface area contributed by atoms with Crippen LogP contribution in [0.2, 0.25) is 5.02 Å². The maximum Gasteiger partial charge on any atom is 0.104 e. The fourth-order valence-electron chi connectivity index (χ4n) is 2.51. The highest BCUT2D eigenvalue weighted by molar-refractivity contribution is 6.30. The molecule has 0 bridgehead atoms. The maximum atomic E-state index is 10.8. The van der Waals surface area contributed by atoms with Crippen LogP contribution in [0.1, 0.15) is 32.3 Å². The van der Waals surface area contributed by atoms with Crippen molar-refractivity contribution in [1.29, 1.82) is 0 Å². The number of hydrogen-bond acceptors (Lipinski definition) is 1. The molecular weight excluding hydrogens is 267 g/mol. The number of rotatable bonds is 2. The SMILES string of the molecule is CC1(C)CC/C(=C\c2ccc(Cl)cc2)C1(O)CCl. The second-order valence-corrected chi connectivity index (χ2v) is 6.30. The summed E-state index contributed by atoms with van der Waals surface area (Å²) in [6.07, 6.45) is 3.88. The van der Waals surface area contributed by atoms with E-state index in [4.69, 9.17) is 23.2 Å². The Morgan fingerprint density at radius 3 is 2.44 bits per heavy atom. The molecule has 1 nitrogen and oxygen atoms in total. The van der Waals surface area contributed by atoms with Crippen molar-refractivity contribution >= 4 is 29.3 Å². The van der Waals surface area contributed by atoms with Gasteiger partial charge in [0.1, 0.15) is 5.60 Å². The van der Waals surface area contributed by atoms with E-state index in [1.165, 1.54) is 0 Å². The zero-order valence-electron chi connectivity index (χ0n) is 10.7. The lowest BCUT2D eigenvalue weighted by Gasteiger charge is -2.36. The minimum atomic E-state index is -0.909. The van der Waals surface area contributed by atoms with Gasteiger partial charge in [-0.1, -0.05) is 43.7 Å². The van der Waals surface area contributed by atoms with Gasteiger partial charge in [-0.25, -0.2) is 0 Å². The predicted molar refractivity (Wildman–Crippen MR) is 78.1 cm³/mol. The molecule has 0 aliphatic heterocycles. The zero-order chi connectivity index (χ0) is 13.4. The molecule has 1 aromatic rings. The second kappa shape index (κ2) is 4.88. The number of hydrogen-bond donors (Lipinski definition) is 1. The Labute approximate surface area is 118 Å². The van der Waals surface area contributed by atoms with Crippen molar-refractivity contribution in [3.05, 3.63) is 40.4 Å². The van der Waals surface area contributed by atoms with Crippen molar-refractivity contribution in [2.75, 3.05) is 5.88 Å². The van der Waals surface area contributed by atoms with Crippen LogP contribution in [-0.4, -0.2) is 16.6 Å². The molecule has 3 heteroatoms. The Bertz CT molecular complexity index is 462. The van der Waals surface area contributed by atoms with E-state index in [9.17, 15) is 5.11 Å². The Morgan fingerprint density at radius 1 is 1.28 bits per heavy atom. The quantitative estimate of drug-likeness (QED) is 0.792. The molecular formula is C15H18Cl2O. The van der Waals surface area contributed by atoms with Gasteiger partial charge < -0.3 is 5.11 Å². The number of benzene rings is 1. The Morgan fingerprint density at radius 2 is 1.89 bits per heavy atom. The molecule has 1 aliphatic carbocycles. The van der Waals surface area contributed by atoms with Crippen LogP contribution in [0.15, 0.2) is 29.8 Å². The lowest BCUT2D eigenvalue weighted by Crippen LogP contribution is -2.42. The Kier molecular flexibility index (Phi) is 3.77. The van der Waals surface area contributed by atoms with Gasteiger partial charge in [0.15, 0.2) is 0 Å². The maximum absolute atomic E-state index is 10.8. The average Bonchev–Trinajstić information content (AvgIpc) is 2.56. The molecule has 1 aliphatic rings. The van der Waals surface area contributed by atoms with Crippen molar-refractivity contribution in [1.82, 2.24) is 0 Å². The van der Waals surface area contributed by atoms with Crippen molar-refractivity contribution in [2.24, 2.45) is 5.41 Å². The van der Waals surface area contributed by atoms with Crippen molar-refractivity contribution < 1.29 is 5.11 Å². The monoisotopic (exact) mass is 284 g/mol. The highest BCUT2D eigenvalue weighted by atomic mass is 35.5. The molecule has 2 rings (SSSR count). The summed E-state index contributed by atoms with van der Waals surface area (Å²) in [5.74, 6) is 0.236. The molecule has 0 spiro atoms. The third-order valence-corrected chi connectivity index (χ3v) is 4.71. The number of halogens is 2. The molecule has 1 atom stereocenters. The number of aliphatic hydroxyl groups is 1. The fourth-order valence-corrected chi connectivity index (χ4v) is 3.17. The smallest absolute Gasteiger partial charge is 0.104 e. The summed E-state index contributed by atoms with van der Waals surface area (Å²) < 4.78 is 0. The molecule has 0 heterocycles. The molecule has 1 unspecified atom stereocenters. The first-order valence-corrected chi connectivity index (χ1v) is 7.05. The highest BCUT2D eigenvalue weighted by Gasteiger charge is 2.50. The van der Waals surface area contributed by atoms with Gasteiger partial charge in [0.25, 0.3) is 0 Å². The third-order valence-electron chi connectivity index (χ3n) is 4.07. The summed E-state index contributed by atoms with van der Waals surface area (Å²) in [5.41, 5.74) is 0.988. The summed E-state index contributed by atoms with van der Waals surface area (Å²) in [5, 5.41) is 11.5. The van der Waals surface area contributed by atoms with Crippen LogP contribution in [0, 0.1) is 5.41 Å². The van der Waals surface area contributed by atoms with Crippen molar-refractivity contribution in [3.8, 4) is 0 Å². The largest absolute Gasteiger partial charge is 0.384 e.